The van der Waals surface area contributed by atoms with Gasteiger partial charge in [0, 0.05) is 17.7 Å². The van der Waals surface area contributed by atoms with Gasteiger partial charge in [-0.1, -0.05) is 26.7 Å². The molecule has 2 rings (SSSR count). The van der Waals surface area contributed by atoms with E-state index in [2.05, 4.69) is 29.2 Å². The van der Waals surface area contributed by atoms with Crippen LogP contribution in [-0.2, 0) is 9.53 Å². The second kappa shape index (κ2) is 11.2. The number of hydrogen-bond donors (Lipinski definition) is 3. The largest absolute Gasteiger partial charge is 0.506 e. The van der Waals surface area contributed by atoms with Gasteiger partial charge in [0.15, 0.2) is 0 Å². The molecule has 0 bridgehead atoms. The summed E-state index contributed by atoms with van der Waals surface area (Å²) in [5, 5.41) is 15.7. The van der Waals surface area contributed by atoms with Crippen LogP contribution in [0.3, 0.4) is 0 Å². The maximum absolute atomic E-state index is 12.7. The van der Waals surface area contributed by atoms with Crippen LogP contribution in [0.4, 0.5) is 16.2 Å². The fraction of sp³-hybridized carbons (Fsp3) is 0.417. The molecule has 0 spiro atoms. The Balaban J connectivity index is 2.22. The SMILES string of the molecule is CCCC(CCC)C(=O)Nc1cc(Oc2c(C)cc(NC(=O)OC)cc2C)ccc1O. The topological polar surface area (TPSA) is 96.9 Å². The Labute approximate surface area is 183 Å². The van der Waals surface area contributed by atoms with Crippen molar-refractivity contribution in [3.63, 3.8) is 0 Å². The monoisotopic (exact) mass is 428 g/mol. The van der Waals surface area contributed by atoms with Gasteiger partial charge in [-0.15, -0.1) is 0 Å². The molecule has 0 aromatic heterocycles. The van der Waals surface area contributed by atoms with Gasteiger partial charge in [0.25, 0.3) is 0 Å². The van der Waals surface area contributed by atoms with Crippen LogP contribution in [0.15, 0.2) is 30.3 Å². The van der Waals surface area contributed by atoms with E-state index in [4.69, 9.17) is 4.74 Å². The summed E-state index contributed by atoms with van der Waals surface area (Å²) in [7, 11) is 1.31. The first-order chi connectivity index (χ1) is 14.8. The average molecular weight is 429 g/mol. The predicted octanol–water partition coefficient (Wildman–Crippen LogP) is 6.13. The molecule has 0 heterocycles. The molecule has 0 atom stereocenters. The molecular formula is C24H32N2O5. The van der Waals surface area contributed by atoms with E-state index in [0.717, 1.165) is 36.8 Å². The van der Waals surface area contributed by atoms with Gasteiger partial charge >= 0.3 is 6.09 Å². The Hall–Kier alpha value is -3.22. The van der Waals surface area contributed by atoms with Crippen LogP contribution < -0.4 is 15.4 Å². The van der Waals surface area contributed by atoms with E-state index in [9.17, 15) is 14.7 Å². The molecule has 7 heteroatoms. The lowest BCUT2D eigenvalue weighted by Crippen LogP contribution is -2.22. The van der Waals surface area contributed by atoms with Crippen molar-refractivity contribution < 1.29 is 24.2 Å². The third-order valence-electron chi connectivity index (χ3n) is 4.98. The molecule has 0 aliphatic rings. The molecule has 2 aromatic carbocycles. The molecule has 2 amide bonds. The smallest absolute Gasteiger partial charge is 0.411 e. The second-order valence-corrected chi connectivity index (χ2v) is 7.60. The zero-order valence-electron chi connectivity index (χ0n) is 18.9. The molecule has 168 valence electrons. The molecule has 2 aromatic rings. The summed E-state index contributed by atoms with van der Waals surface area (Å²) in [6.07, 6.45) is 2.91. The highest BCUT2D eigenvalue weighted by Gasteiger charge is 2.18. The van der Waals surface area contributed by atoms with E-state index >= 15 is 0 Å². The van der Waals surface area contributed by atoms with Crippen molar-refractivity contribution in [1.29, 1.82) is 0 Å². The summed E-state index contributed by atoms with van der Waals surface area (Å²) < 4.78 is 10.7. The van der Waals surface area contributed by atoms with Crippen molar-refractivity contribution in [3.8, 4) is 17.2 Å². The van der Waals surface area contributed by atoms with Gasteiger partial charge in [-0.3, -0.25) is 10.1 Å². The summed E-state index contributed by atoms with van der Waals surface area (Å²) in [6.45, 7) is 7.85. The first kappa shape index (κ1) is 24.1. The Kier molecular flexibility index (Phi) is 8.73. The Bertz CT molecular complexity index is 897. The quantitative estimate of drug-likeness (QED) is 0.417. The molecule has 0 unspecified atom stereocenters. The number of amides is 2. The number of anilines is 2. The van der Waals surface area contributed by atoms with Crippen molar-refractivity contribution in [3.05, 3.63) is 41.5 Å². The number of benzene rings is 2. The van der Waals surface area contributed by atoms with Crippen molar-refractivity contribution in [2.24, 2.45) is 5.92 Å². The van der Waals surface area contributed by atoms with Crippen LogP contribution in [0.1, 0.15) is 50.7 Å². The number of phenolic OH excluding ortho intramolecular Hbond substituents is 1. The second-order valence-electron chi connectivity index (χ2n) is 7.60. The van der Waals surface area contributed by atoms with E-state index < -0.39 is 6.09 Å². The molecule has 0 aliphatic carbocycles. The molecule has 0 saturated carbocycles. The normalized spacial score (nSPS) is 10.6. The van der Waals surface area contributed by atoms with Gasteiger partial charge in [-0.25, -0.2) is 4.79 Å². The standard InChI is InChI=1S/C24H32N2O5/c1-6-8-17(9-7-2)23(28)26-20-14-19(10-11-21(20)27)31-22-15(3)12-18(13-16(22)4)25-24(29)30-5/h10-14,17,27H,6-9H2,1-5H3,(H,25,29)(H,26,28). The predicted molar refractivity (Wildman–Crippen MR) is 122 cm³/mol. The first-order valence-electron chi connectivity index (χ1n) is 10.6. The van der Waals surface area contributed by atoms with Gasteiger partial charge in [0.2, 0.25) is 5.91 Å². The minimum Gasteiger partial charge on any atom is -0.506 e. The van der Waals surface area contributed by atoms with Gasteiger partial charge in [-0.05, 0) is 62.1 Å². The van der Waals surface area contributed by atoms with Crippen LogP contribution in [0.2, 0.25) is 0 Å². The van der Waals surface area contributed by atoms with E-state index in [1.54, 1.807) is 24.3 Å². The Morgan fingerprint density at radius 1 is 1.00 bits per heavy atom. The number of rotatable bonds is 9. The molecule has 0 radical (unpaired) electrons. The summed E-state index contributed by atoms with van der Waals surface area (Å²) >= 11 is 0. The molecule has 0 aliphatic heterocycles. The fourth-order valence-electron chi connectivity index (χ4n) is 3.49. The Morgan fingerprint density at radius 2 is 1.61 bits per heavy atom. The van der Waals surface area contributed by atoms with Crippen molar-refractivity contribution >= 4 is 23.4 Å². The zero-order chi connectivity index (χ0) is 23.0. The molecular weight excluding hydrogens is 396 g/mol. The highest BCUT2D eigenvalue weighted by Crippen LogP contribution is 2.35. The van der Waals surface area contributed by atoms with E-state index in [1.807, 2.05) is 13.8 Å². The van der Waals surface area contributed by atoms with Gasteiger partial charge in [-0.2, -0.15) is 0 Å². The van der Waals surface area contributed by atoms with Crippen LogP contribution in [0.25, 0.3) is 0 Å². The highest BCUT2D eigenvalue weighted by atomic mass is 16.5. The van der Waals surface area contributed by atoms with Gasteiger partial charge in [0.1, 0.15) is 17.2 Å². The highest BCUT2D eigenvalue weighted by molar-refractivity contribution is 5.94. The fourth-order valence-corrected chi connectivity index (χ4v) is 3.49. The van der Waals surface area contributed by atoms with Crippen molar-refractivity contribution in [2.75, 3.05) is 17.7 Å². The molecule has 3 N–H and O–H groups in total. The summed E-state index contributed by atoms with van der Waals surface area (Å²) in [4.78, 5) is 24.1. The summed E-state index contributed by atoms with van der Waals surface area (Å²) in [5.74, 6) is 0.919. The lowest BCUT2D eigenvalue weighted by molar-refractivity contribution is -0.120. The minimum absolute atomic E-state index is 0.0153. The van der Waals surface area contributed by atoms with Crippen LogP contribution in [-0.4, -0.2) is 24.2 Å². The van der Waals surface area contributed by atoms with E-state index in [-0.39, 0.29) is 17.6 Å². The average Bonchev–Trinajstić information content (AvgIpc) is 2.72. The maximum atomic E-state index is 12.7. The van der Waals surface area contributed by atoms with Crippen molar-refractivity contribution in [2.45, 2.75) is 53.4 Å². The van der Waals surface area contributed by atoms with Gasteiger partial charge in [0.05, 0.1) is 12.8 Å². The molecule has 0 fully saturated rings. The lowest BCUT2D eigenvalue weighted by Gasteiger charge is -2.17. The number of aromatic hydroxyl groups is 1. The zero-order valence-corrected chi connectivity index (χ0v) is 18.9. The number of aryl methyl sites for hydroxylation is 2. The van der Waals surface area contributed by atoms with Crippen LogP contribution in [0.5, 0.6) is 17.2 Å². The molecule has 7 nitrogen and oxygen atoms in total. The number of phenols is 1. The van der Waals surface area contributed by atoms with E-state index in [0.29, 0.717) is 22.9 Å². The first-order valence-corrected chi connectivity index (χ1v) is 10.6. The summed E-state index contributed by atoms with van der Waals surface area (Å²) in [6, 6.07) is 8.31. The third kappa shape index (κ3) is 6.64. The Morgan fingerprint density at radius 3 is 2.16 bits per heavy atom. The summed E-state index contributed by atoms with van der Waals surface area (Å²) in [5.41, 5.74) is 2.55. The lowest BCUT2D eigenvalue weighted by atomic mass is 9.97. The molecule has 31 heavy (non-hydrogen) atoms. The van der Waals surface area contributed by atoms with E-state index in [1.165, 1.54) is 13.2 Å². The third-order valence-corrected chi connectivity index (χ3v) is 4.98. The minimum atomic E-state index is -0.546. The van der Waals surface area contributed by atoms with Crippen LogP contribution in [0, 0.1) is 19.8 Å². The van der Waals surface area contributed by atoms with Crippen LogP contribution >= 0.6 is 0 Å². The number of nitrogens with one attached hydrogen (secondary N) is 2. The molecule has 0 saturated heterocycles. The number of carbonyl (C=O) groups excluding carboxylic acids is 2. The maximum Gasteiger partial charge on any atom is 0.411 e. The number of methoxy groups -OCH3 is 1. The number of hydrogen-bond acceptors (Lipinski definition) is 5. The van der Waals surface area contributed by atoms with Gasteiger partial charge < -0.3 is 19.9 Å². The van der Waals surface area contributed by atoms with Crippen molar-refractivity contribution in [1.82, 2.24) is 0 Å². The number of carbonyl (C=O) groups is 2. The number of ether oxygens (including phenoxy) is 2.